The van der Waals surface area contributed by atoms with Crippen molar-refractivity contribution >= 4 is 17.4 Å². The summed E-state index contributed by atoms with van der Waals surface area (Å²) < 4.78 is 5.55. The summed E-state index contributed by atoms with van der Waals surface area (Å²) in [5.41, 5.74) is 1.88. The molecule has 0 amide bonds. The third-order valence-electron chi connectivity index (χ3n) is 3.82. The number of rotatable bonds is 10. The molecule has 134 valence electrons. The van der Waals surface area contributed by atoms with E-state index in [1.807, 2.05) is 31.2 Å². The Morgan fingerprint density at radius 2 is 1.84 bits per heavy atom. The minimum Gasteiger partial charge on any atom is -0.491 e. The molecule has 0 saturated carbocycles. The van der Waals surface area contributed by atoms with Gasteiger partial charge in [-0.05, 0) is 54.9 Å². The van der Waals surface area contributed by atoms with Crippen LogP contribution >= 0.6 is 11.6 Å². The predicted molar refractivity (Wildman–Crippen MR) is 101 cm³/mol. The number of ether oxygens (including phenoxy) is 1. The molecule has 0 aliphatic heterocycles. The molecule has 2 rings (SSSR count). The molecule has 1 atom stereocenters. The van der Waals surface area contributed by atoms with Gasteiger partial charge in [-0.3, -0.25) is 4.79 Å². The highest BCUT2D eigenvalue weighted by Crippen LogP contribution is 2.13. The fourth-order valence-electron chi connectivity index (χ4n) is 2.34. The minimum absolute atomic E-state index is 0.108. The van der Waals surface area contributed by atoms with Gasteiger partial charge in [-0.25, -0.2) is 0 Å². The first-order chi connectivity index (χ1) is 12.1. The largest absolute Gasteiger partial charge is 0.491 e. The van der Waals surface area contributed by atoms with E-state index >= 15 is 0 Å². The number of halogens is 1. The van der Waals surface area contributed by atoms with Crippen molar-refractivity contribution in [3.8, 4) is 5.75 Å². The topological polar surface area (TPSA) is 58.6 Å². The number of ketones is 1. The number of carbonyl (C=O) groups is 1. The van der Waals surface area contributed by atoms with Gasteiger partial charge in [-0.15, -0.1) is 0 Å². The lowest BCUT2D eigenvalue weighted by Crippen LogP contribution is -2.32. The van der Waals surface area contributed by atoms with Gasteiger partial charge in [0.15, 0.2) is 5.78 Å². The van der Waals surface area contributed by atoms with Gasteiger partial charge in [0, 0.05) is 23.6 Å². The highest BCUT2D eigenvalue weighted by Gasteiger charge is 2.06. The molecule has 0 aliphatic rings. The summed E-state index contributed by atoms with van der Waals surface area (Å²) >= 11 is 5.85. The quantitative estimate of drug-likeness (QED) is 0.502. The molecule has 0 unspecified atom stereocenters. The molecule has 0 aromatic heterocycles. The Morgan fingerprint density at radius 1 is 1.16 bits per heavy atom. The van der Waals surface area contributed by atoms with E-state index in [0.717, 1.165) is 18.0 Å². The molecule has 0 fully saturated rings. The van der Waals surface area contributed by atoms with Crippen molar-refractivity contribution in [1.82, 2.24) is 5.32 Å². The van der Waals surface area contributed by atoms with Crippen LogP contribution in [0.5, 0.6) is 5.75 Å². The van der Waals surface area contributed by atoms with Gasteiger partial charge in [0.25, 0.3) is 0 Å². The van der Waals surface area contributed by atoms with Crippen molar-refractivity contribution in [3.63, 3.8) is 0 Å². The van der Waals surface area contributed by atoms with Gasteiger partial charge in [-0.1, -0.05) is 30.7 Å². The maximum absolute atomic E-state index is 11.6. The zero-order valence-corrected chi connectivity index (χ0v) is 15.1. The van der Waals surface area contributed by atoms with Crippen LogP contribution in [0.25, 0.3) is 0 Å². The van der Waals surface area contributed by atoms with Crippen LogP contribution in [-0.4, -0.2) is 36.7 Å². The molecule has 0 bridgehead atoms. The van der Waals surface area contributed by atoms with Gasteiger partial charge in [-0.2, -0.15) is 0 Å². The van der Waals surface area contributed by atoms with E-state index in [2.05, 4.69) is 5.32 Å². The highest BCUT2D eigenvalue weighted by molar-refractivity contribution is 6.30. The average molecular weight is 362 g/mol. The van der Waals surface area contributed by atoms with Crippen molar-refractivity contribution in [2.45, 2.75) is 25.9 Å². The zero-order valence-electron chi connectivity index (χ0n) is 14.4. The van der Waals surface area contributed by atoms with Gasteiger partial charge in [0.2, 0.25) is 0 Å². The van der Waals surface area contributed by atoms with E-state index in [4.69, 9.17) is 16.3 Å². The second-order valence-electron chi connectivity index (χ2n) is 5.85. The van der Waals surface area contributed by atoms with Crippen molar-refractivity contribution < 1.29 is 14.6 Å². The van der Waals surface area contributed by atoms with E-state index in [-0.39, 0.29) is 12.4 Å². The number of benzene rings is 2. The predicted octanol–water partition coefficient (Wildman–Crippen LogP) is 3.50. The molecule has 2 N–H and O–H groups in total. The maximum atomic E-state index is 11.6. The summed E-state index contributed by atoms with van der Waals surface area (Å²) in [7, 11) is 0. The van der Waals surface area contributed by atoms with E-state index in [0.29, 0.717) is 24.3 Å². The third kappa shape index (κ3) is 6.86. The molecule has 0 radical (unpaired) electrons. The smallest absolute Gasteiger partial charge is 0.162 e. The number of aliphatic hydroxyl groups excluding tert-OH is 1. The van der Waals surface area contributed by atoms with Crippen LogP contribution in [0.1, 0.15) is 29.3 Å². The number of aliphatic hydroxyl groups is 1. The monoisotopic (exact) mass is 361 g/mol. The molecule has 4 nitrogen and oxygen atoms in total. The lowest BCUT2D eigenvalue weighted by Gasteiger charge is -2.13. The number of carbonyl (C=O) groups excluding carboxylic acids is 1. The molecule has 0 saturated heterocycles. The normalized spacial score (nSPS) is 12.0. The molecule has 2 aromatic rings. The van der Waals surface area contributed by atoms with Crippen molar-refractivity contribution in [2.24, 2.45) is 0 Å². The molecular formula is C20H24ClNO3. The van der Waals surface area contributed by atoms with Gasteiger partial charge in [0.1, 0.15) is 18.5 Å². The standard InChI is InChI=1S/C20H24ClNO3/c1-2-20(24)16-5-9-19(10-6-16)25-14-18(23)13-22-12-11-15-3-7-17(21)8-4-15/h3-10,18,22-23H,2,11-14H2,1H3/t18-/m0/s1. The zero-order chi connectivity index (χ0) is 18.1. The van der Waals surface area contributed by atoms with E-state index in [1.165, 1.54) is 5.56 Å². The Morgan fingerprint density at radius 3 is 2.48 bits per heavy atom. The number of hydrogen-bond acceptors (Lipinski definition) is 4. The fraction of sp³-hybridized carbons (Fsp3) is 0.350. The first-order valence-corrected chi connectivity index (χ1v) is 8.85. The van der Waals surface area contributed by atoms with Crippen LogP contribution in [0, 0.1) is 0 Å². The number of hydrogen-bond donors (Lipinski definition) is 2. The van der Waals surface area contributed by atoms with Gasteiger partial charge < -0.3 is 15.2 Å². The molecule has 0 aliphatic carbocycles. The molecular weight excluding hydrogens is 338 g/mol. The van der Waals surface area contributed by atoms with Crippen molar-refractivity contribution in [2.75, 3.05) is 19.7 Å². The molecule has 2 aromatic carbocycles. The maximum Gasteiger partial charge on any atom is 0.162 e. The summed E-state index contributed by atoms with van der Waals surface area (Å²) in [6.07, 6.45) is 0.764. The lowest BCUT2D eigenvalue weighted by atomic mass is 10.1. The van der Waals surface area contributed by atoms with Crippen LogP contribution in [0.4, 0.5) is 0 Å². The van der Waals surface area contributed by atoms with Crippen LogP contribution in [-0.2, 0) is 6.42 Å². The Hall–Kier alpha value is -1.88. The van der Waals surface area contributed by atoms with E-state index in [9.17, 15) is 9.90 Å². The number of Topliss-reactive ketones (excluding diaryl/α,β-unsaturated/α-hetero) is 1. The summed E-state index contributed by atoms with van der Waals surface area (Å²) in [6.45, 7) is 3.27. The van der Waals surface area contributed by atoms with E-state index < -0.39 is 6.10 Å². The molecule has 0 spiro atoms. The Kier molecular flexibility index (Phi) is 7.92. The van der Waals surface area contributed by atoms with Crippen molar-refractivity contribution in [3.05, 3.63) is 64.7 Å². The second kappa shape index (κ2) is 10.2. The summed E-state index contributed by atoms with van der Waals surface area (Å²) in [6, 6.07) is 14.7. The average Bonchev–Trinajstić information content (AvgIpc) is 2.64. The highest BCUT2D eigenvalue weighted by atomic mass is 35.5. The lowest BCUT2D eigenvalue weighted by molar-refractivity contribution is 0.0986. The summed E-state index contributed by atoms with van der Waals surface area (Å²) in [5, 5.41) is 13.9. The van der Waals surface area contributed by atoms with Crippen molar-refractivity contribution in [1.29, 1.82) is 0 Å². The number of nitrogens with one attached hydrogen (secondary N) is 1. The third-order valence-corrected chi connectivity index (χ3v) is 4.08. The SMILES string of the molecule is CCC(=O)c1ccc(OC[C@@H](O)CNCCc2ccc(Cl)cc2)cc1. The summed E-state index contributed by atoms with van der Waals surface area (Å²) in [5.74, 6) is 0.754. The first-order valence-electron chi connectivity index (χ1n) is 8.47. The minimum atomic E-state index is -0.595. The summed E-state index contributed by atoms with van der Waals surface area (Å²) in [4.78, 5) is 11.6. The fourth-order valence-corrected chi connectivity index (χ4v) is 2.47. The van der Waals surface area contributed by atoms with Crippen LogP contribution in [0.3, 0.4) is 0 Å². The molecule has 0 heterocycles. The molecule has 25 heavy (non-hydrogen) atoms. The van der Waals surface area contributed by atoms with Crippen LogP contribution in [0.2, 0.25) is 5.02 Å². The second-order valence-corrected chi connectivity index (χ2v) is 6.28. The van der Waals surface area contributed by atoms with Gasteiger partial charge >= 0.3 is 0 Å². The van der Waals surface area contributed by atoms with E-state index in [1.54, 1.807) is 24.3 Å². The first kappa shape index (κ1) is 19.4. The van der Waals surface area contributed by atoms with Crippen LogP contribution < -0.4 is 10.1 Å². The Balaban J connectivity index is 1.64. The molecule has 5 heteroatoms. The Bertz CT molecular complexity index is 656. The van der Waals surface area contributed by atoms with Gasteiger partial charge in [0.05, 0.1) is 0 Å². The Labute approximate surface area is 153 Å². The van der Waals surface area contributed by atoms with Crippen LogP contribution in [0.15, 0.2) is 48.5 Å².